The van der Waals surface area contributed by atoms with Gasteiger partial charge in [0.05, 0.1) is 18.6 Å². The van der Waals surface area contributed by atoms with E-state index in [1.807, 2.05) is 19.1 Å². The average molecular weight is 407 g/mol. The summed E-state index contributed by atoms with van der Waals surface area (Å²) in [5.74, 6) is 0.476. The minimum atomic E-state index is -0.284. The first-order valence-corrected chi connectivity index (χ1v) is 10.3. The number of halogens is 1. The van der Waals surface area contributed by atoms with Gasteiger partial charge in [-0.3, -0.25) is 0 Å². The third-order valence-electron chi connectivity index (χ3n) is 5.21. The van der Waals surface area contributed by atoms with Crippen molar-refractivity contribution in [3.05, 3.63) is 78.6 Å². The van der Waals surface area contributed by atoms with E-state index in [-0.39, 0.29) is 5.82 Å². The summed E-state index contributed by atoms with van der Waals surface area (Å²) < 4.78 is 16.1. The van der Waals surface area contributed by atoms with Crippen LogP contribution in [0.25, 0.3) is 5.69 Å². The minimum absolute atomic E-state index is 0.284. The highest BCUT2D eigenvalue weighted by Crippen LogP contribution is 2.20. The smallest absolute Gasteiger partial charge is 0.191 e. The second kappa shape index (κ2) is 9.43. The molecule has 1 unspecified atom stereocenters. The summed E-state index contributed by atoms with van der Waals surface area (Å²) in [4.78, 5) is 11.0. The summed E-state index contributed by atoms with van der Waals surface area (Å²) in [5.41, 5.74) is 2.56. The van der Waals surface area contributed by atoms with Crippen LogP contribution in [0.15, 0.2) is 72.2 Å². The first-order valence-electron chi connectivity index (χ1n) is 10.3. The molecule has 4 rings (SSSR count). The highest BCUT2D eigenvalue weighted by Gasteiger charge is 2.23. The van der Waals surface area contributed by atoms with Gasteiger partial charge in [0, 0.05) is 43.8 Å². The largest absolute Gasteiger partial charge is 0.369 e. The third-order valence-corrected chi connectivity index (χ3v) is 5.21. The Balaban J connectivity index is 1.39. The van der Waals surface area contributed by atoms with E-state index in [1.165, 1.54) is 11.8 Å². The van der Waals surface area contributed by atoms with Gasteiger partial charge in [-0.15, -0.1) is 0 Å². The van der Waals surface area contributed by atoms with Crippen molar-refractivity contribution in [1.29, 1.82) is 0 Å². The fraction of sp³-hybridized carbons (Fsp3) is 0.304. The van der Waals surface area contributed by atoms with Crippen molar-refractivity contribution in [2.75, 3.05) is 24.5 Å². The molecule has 0 aliphatic carbocycles. The second-order valence-corrected chi connectivity index (χ2v) is 7.36. The number of nitrogens with one attached hydrogen (secondary N) is 2. The zero-order chi connectivity index (χ0) is 20.8. The van der Waals surface area contributed by atoms with Crippen LogP contribution in [0.2, 0.25) is 0 Å². The lowest BCUT2D eigenvalue weighted by Crippen LogP contribution is -2.44. The van der Waals surface area contributed by atoms with Crippen molar-refractivity contribution < 1.29 is 4.39 Å². The SMILES string of the molecule is CCNC(=NCc1ccc(-n2ccnc2)c(F)c1)NC1CCN(c2ccccc2)C1. The molecule has 1 aliphatic heterocycles. The molecule has 1 aromatic heterocycles. The standard InChI is InChI=1S/C23H27FN6/c1-2-26-23(28-19-10-12-29(16-19)20-6-4-3-5-7-20)27-15-18-8-9-22(21(24)14-18)30-13-11-25-17-30/h3-9,11,13-14,17,19H,2,10,12,15-16H2,1H3,(H2,26,27,28). The van der Waals surface area contributed by atoms with Gasteiger partial charge in [0.15, 0.2) is 5.96 Å². The molecular formula is C23H27FN6. The maximum atomic E-state index is 14.5. The van der Waals surface area contributed by atoms with E-state index in [9.17, 15) is 4.39 Å². The Morgan fingerprint density at radius 1 is 1.23 bits per heavy atom. The Morgan fingerprint density at radius 2 is 2.10 bits per heavy atom. The van der Waals surface area contributed by atoms with Crippen LogP contribution in [-0.4, -0.2) is 41.2 Å². The number of rotatable bonds is 6. The molecule has 30 heavy (non-hydrogen) atoms. The minimum Gasteiger partial charge on any atom is -0.369 e. The molecular weight excluding hydrogens is 379 g/mol. The van der Waals surface area contributed by atoms with Gasteiger partial charge >= 0.3 is 0 Å². The van der Waals surface area contributed by atoms with Gasteiger partial charge in [-0.05, 0) is 43.2 Å². The molecule has 1 atom stereocenters. The van der Waals surface area contributed by atoms with Gasteiger partial charge in [-0.25, -0.2) is 14.4 Å². The van der Waals surface area contributed by atoms with E-state index in [2.05, 4.69) is 49.8 Å². The topological polar surface area (TPSA) is 57.5 Å². The van der Waals surface area contributed by atoms with Gasteiger partial charge in [0.1, 0.15) is 5.82 Å². The molecule has 0 saturated carbocycles. The Labute approximate surface area is 176 Å². The number of guanidine groups is 1. The monoisotopic (exact) mass is 406 g/mol. The zero-order valence-corrected chi connectivity index (χ0v) is 17.1. The molecule has 156 valence electrons. The van der Waals surface area contributed by atoms with Crippen molar-refractivity contribution in [3.8, 4) is 5.69 Å². The number of hydrogen-bond donors (Lipinski definition) is 2. The molecule has 2 heterocycles. The number of aliphatic imine (C=N–C) groups is 1. The van der Waals surface area contributed by atoms with E-state index < -0.39 is 0 Å². The number of imidazole rings is 1. The molecule has 0 spiro atoms. The zero-order valence-electron chi connectivity index (χ0n) is 17.1. The molecule has 1 saturated heterocycles. The summed E-state index contributed by atoms with van der Waals surface area (Å²) in [6, 6.07) is 16.0. The molecule has 0 bridgehead atoms. The lowest BCUT2D eigenvalue weighted by molar-refractivity contribution is 0.615. The maximum Gasteiger partial charge on any atom is 0.191 e. The molecule has 2 N–H and O–H groups in total. The number of para-hydroxylation sites is 1. The van der Waals surface area contributed by atoms with Gasteiger partial charge in [0.25, 0.3) is 0 Å². The Bertz CT molecular complexity index is 971. The van der Waals surface area contributed by atoms with E-state index >= 15 is 0 Å². The molecule has 6 nitrogen and oxygen atoms in total. The number of hydrogen-bond acceptors (Lipinski definition) is 3. The van der Waals surface area contributed by atoms with Crippen molar-refractivity contribution in [1.82, 2.24) is 20.2 Å². The van der Waals surface area contributed by atoms with Crippen LogP contribution in [0.4, 0.5) is 10.1 Å². The Kier molecular flexibility index (Phi) is 6.27. The van der Waals surface area contributed by atoms with Crippen LogP contribution in [0.5, 0.6) is 0 Å². The molecule has 1 fully saturated rings. The predicted octanol–water partition coefficient (Wildman–Crippen LogP) is 3.35. The second-order valence-electron chi connectivity index (χ2n) is 7.36. The molecule has 2 aromatic carbocycles. The first kappa shape index (κ1) is 19.9. The van der Waals surface area contributed by atoms with Crippen LogP contribution in [-0.2, 0) is 6.54 Å². The summed E-state index contributed by atoms with van der Waals surface area (Å²) >= 11 is 0. The summed E-state index contributed by atoms with van der Waals surface area (Å²) in [6.07, 6.45) is 6.00. The van der Waals surface area contributed by atoms with Gasteiger partial charge in [-0.2, -0.15) is 0 Å². The van der Waals surface area contributed by atoms with Crippen LogP contribution >= 0.6 is 0 Å². The fourth-order valence-electron chi connectivity index (χ4n) is 3.69. The first-order chi connectivity index (χ1) is 14.7. The lowest BCUT2D eigenvalue weighted by Gasteiger charge is -2.20. The highest BCUT2D eigenvalue weighted by molar-refractivity contribution is 5.80. The quantitative estimate of drug-likeness (QED) is 0.487. The fourth-order valence-corrected chi connectivity index (χ4v) is 3.69. The number of benzene rings is 2. The summed E-state index contributed by atoms with van der Waals surface area (Å²) in [6.45, 7) is 5.17. The van der Waals surface area contributed by atoms with Crippen molar-refractivity contribution in [3.63, 3.8) is 0 Å². The number of nitrogens with zero attached hydrogens (tertiary/aromatic N) is 4. The lowest BCUT2D eigenvalue weighted by atomic mass is 10.2. The van der Waals surface area contributed by atoms with Crippen LogP contribution < -0.4 is 15.5 Å². The molecule has 1 aliphatic rings. The Morgan fingerprint density at radius 3 is 2.83 bits per heavy atom. The van der Waals surface area contributed by atoms with Crippen LogP contribution in [0.3, 0.4) is 0 Å². The normalized spacial score (nSPS) is 16.7. The molecule has 7 heteroatoms. The number of anilines is 1. The highest BCUT2D eigenvalue weighted by atomic mass is 19.1. The van der Waals surface area contributed by atoms with Gasteiger partial charge in [0.2, 0.25) is 0 Å². The van der Waals surface area contributed by atoms with Gasteiger partial charge in [-0.1, -0.05) is 24.3 Å². The predicted molar refractivity (Wildman–Crippen MR) is 119 cm³/mol. The van der Waals surface area contributed by atoms with Gasteiger partial charge < -0.3 is 20.1 Å². The van der Waals surface area contributed by atoms with Crippen LogP contribution in [0, 0.1) is 5.82 Å². The average Bonchev–Trinajstić information content (AvgIpc) is 3.45. The molecule has 0 amide bonds. The van der Waals surface area contributed by atoms with Crippen molar-refractivity contribution >= 4 is 11.6 Å². The number of aromatic nitrogens is 2. The van der Waals surface area contributed by atoms with Crippen molar-refractivity contribution in [2.45, 2.75) is 25.9 Å². The molecule has 0 radical (unpaired) electrons. The summed E-state index contributed by atoms with van der Waals surface area (Å²) in [7, 11) is 0. The molecule has 3 aromatic rings. The van der Waals surface area contributed by atoms with Crippen LogP contribution in [0.1, 0.15) is 18.9 Å². The van der Waals surface area contributed by atoms with E-state index in [0.29, 0.717) is 18.3 Å². The third kappa shape index (κ3) is 4.79. The Hall–Kier alpha value is -3.35. The van der Waals surface area contributed by atoms with E-state index in [4.69, 9.17) is 0 Å². The van der Waals surface area contributed by atoms with E-state index in [1.54, 1.807) is 29.4 Å². The maximum absolute atomic E-state index is 14.5. The van der Waals surface area contributed by atoms with E-state index in [0.717, 1.165) is 37.6 Å². The summed E-state index contributed by atoms with van der Waals surface area (Å²) in [5, 5.41) is 6.82. The van der Waals surface area contributed by atoms with Crippen molar-refractivity contribution in [2.24, 2.45) is 4.99 Å².